The number of guanidine groups is 1. The molecule has 0 aromatic carbocycles. The van der Waals surface area contributed by atoms with Gasteiger partial charge < -0.3 is 67.0 Å². The largest absolute Gasteiger partial charge is 0.393 e. The molecule has 0 aliphatic carbocycles. The van der Waals surface area contributed by atoms with Gasteiger partial charge >= 0.3 is 0 Å². The van der Waals surface area contributed by atoms with Crippen LogP contribution in [-0.4, -0.2) is 159 Å². The molecule has 17 nitrogen and oxygen atoms in total. The van der Waals surface area contributed by atoms with Crippen LogP contribution in [0.2, 0.25) is 0 Å². The summed E-state index contributed by atoms with van der Waals surface area (Å²) in [5, 5.41) is 128. The predicted molar refractivity (Wildman–Crippen MR) is 329 cm³/mol. The first kappa shape index (κ1) is 77.0. The number of carbonyl (C=O) groups excluding carboxylic acids is 2. The van der Waals surface area contributed by atoms with Crippen LogP contribution in [0.4, 0.5) is 0 Å². The van der Waals surface area contributed by atoms with E-state index < -0.39 is 84.6 Å². The second kappa shape index (κ2) is 46.4. The SMILES string of the molecule is CC=CC=CCCC=CC(C)C(O)C(C)C(O)C=CC=CC=CC=CC=CC=CCC(O)C(C)C(=O)CC(O)CC(O)C=CCC(O)CC(O)CC(O)C=CCC(O)CC(O)C=CCC(O)CC(O)CCCN=C(N)NC(=O)C(C)(C)C. The van der Waals surface area contributed by atoms with Crippen molar-refractivity contribution in [2.45, 2.75) is 212 Å². The molecule has 17 heteroatoms. The minimum Gasteiger partial charge on any atom is -0.393 e. The molecule has 0 saturated carbocycles. The number of allylic oxidation sites excluding steroid dienone is 15. The first-order valence-corrected chi connectivity index (χ1v) is 29.0. The van der Waals surface area contributed by atoms with E-state index in [1.54, 1.807) is 70.2 Å². The van der Waals surface area contributed by atoms with Crippen LogP contribution in [-0.2, 0) is 9.59 Å². The van der Waals surface area contributed by atoms with E-state index in [9.17, 15) is 70.9 Å². The van der Waals surface area contributed by atoms with E-state index in [1.807, 2.05) is 81.5 Å². The van der Waals surface area contributed by atoms with Gasteiger partial charge in [-0.25, -0.2) is 0 Å². The highest BCUT2D eigenvalue weighted by atomic mass is 16.3. The number of unbranched alkanes of at least 4 members (excludes halogenated alkanes) is 1. The topological polar surface area (TPSA) is 327 Å². The third-order valence-electron chi connectivity index (χ3n) is 13.2. The summed E-state index contributed by atoms with van der Waals surface area (Å²) in [6.45, 7) is 12.9. The number of aliphatic imine (C=N–C) groups is 1. The van der Waals surface area contributed by atoms with E-state index in [4.69, 9.17) is 5.73 Å². The minimum absolute atomic E-state index is 0.00731. The number of aliphatic hydroxyl groups is 12. The fourth-order valence-corrected chi connectivity index (χ4v) is 7.92. The summed E-state index contributed by atoms with van der Waals surface area (Å²) in [6, 6.07) is 0. The van der Waals surface area contributed by atoms with Crippen molar-refractivity contribution in [1.29, 1.82) is 0 Å². The lowest BCUT2D eigenvalue weighted by Crippen LogP contribution is -2.43. The van der Waals surface area contributed by atoms with Gasteiger partial charge in [0.15, 0.2) is 5.96 Å². The molecule has 0 fully saturated rings. The fraction of sp³-hybridized carbons (Fsp3) is 0.585. The van der Waals surface area contributed by atoms with Gasteiger partial charge in [-0.2, -0.15) is 0 Å². The Morgan fingerprint density at radius 2 is 0.976 bits per heavy atom. The average molecular weight is 1150 g/mol. The van der Waals surface area contributed by atoms with Crippen LogP contribution in [0.1, 0.15) is 138 Å². The number of nitrogens with one attached hydrogen (secondary N) is 1. The van der Waals surface area contributed by atoms with E-state index in [-0.39, 0.29) is 93.7 Å². The molecule has 15 N–H and O–H groups in total. The van der Waals surface area contributed by atoms with Gasteiger partial charge in [0.25, 0.3) is 0 Å². The van der Waals surface area contributed by atoms with Gasteiger partial charge in [-0.3, -0.25) is 19.9 Å². The normalized spacial score (nSPS) is 19.3. The third kappa shape index (κ3) is 41.9. The molecule has 0 aromatic heterocycles. The number of hydrogen-bond acceptors (Lipinski definition) is 15. The number of aliphatic hydroxyl groups excluding tert-OH is 12. The van der Waals surface area contributed by atoms with Gasteiger partial charge in [-0.15, -0.1) is 0 Å². The smallest absolute Gasteiger partial charge is 0.232 e. The lowest BCUT2D eigenvalue weighted by atomic mass is 9.88. The van der Waals surface area contributed by atoms with Crippen molar-refractivity contribution in [3.05, 3.63) is 146 Å². The molecule has 0 radical (unpaired) electrons. The van der Waals surface area contributed by atoms with Crippen LogP contribution in [0.3, 0.4) is 0 Å². The highest BCUT2D eigenvalue weighted by Gasteiger charge is 2.26. The zero-order valence-corrected chi connectivity index (χ0v) is 49.8. The highest BCUT2D eigenvalue weighted by Crippen LogP contribution is 2.20. The highest BCUT2D eigenvalue weighted by molar-refractivity contribution is 5.98. The Morgan fingerprint density at radius 3 is 1.51 bits per heavy atom. The number of nitrogens with zero attached hydrogens (tertiary/aromatic N) is 1. The maximum absolute atomic E-state index is 12.8. The molecule has 0 saturated heterocycles. The third-order valence-corrected chi connectivity index (χ3v) is 13.2. The van der Waals surface area contributed by atoms with Crippen LogP contribution in [0.15, 0.2) is 151 Å². The van der Waals surface area contributed by atoms with E-state index in [1.165, 1.54) is 30.4 Å². The summed E-state index contributed by atoms with van der Waals surface area (Å²) < 4.78 is 0. The molecule has 0 heterocycles. The Bertz CT molecular complexity index is 2120. The van der Waals surface area contributed by atoms with Crippen molar-refractivity contribution in [2.24, 2.45) is 33.9 Å². The lowest BCUT2D eigenvalue weighted by molar-refractivity contribution is -0.128. The molecular weight excluding hydrogens is 1050 g/mol. The van der Waals surface area contributed by atoms with Crippen molar-refractivity contribution < 1.29 is 70.9 Å². The molecule has 0 spiro atoms. The van der Waals surface area contributed by atoms with Gasteiger partial charge in [-0.05, 0) is 71.1 Å². The van der Waals surface area contributed by atoms with Gasteiger partial charge in [0.05, 0.1) is 73.2 Å². The van der Waals surface area contributed by atoms with E-state index >= 15 is 0 Å². The monoisotopic (exact) mass is 1150 g/mol. The van der Waals surface area contributed by atoms with Crippen molar-refractivity contribution in [3.8, 4) is 0 Å². The van der Waals surface area contributed by atoms with Crippen molar-refractivity contribution in [3.63, 3.8) is 0 Å². The number of carbonyl (C=O) groups is 2. The summed E-state index contributed by atoms with van der Waals surface area (Å²) in [5.41, 5.74) is 5.12. The van der Waals surface area contributed by atoms with Gasteiger partial charge in [0.2, 0.25) is 5.91 Å². The minimum atomic E-state index is -1.17. The molecule has 15 unspecified atom stereocenters. The predicted octanol–water partition coefficient (Wildman–Crippen LogP) is 6.43. The van der Waals surface area contributed by atoms with E-state index in [2.05, 4.69) is 22.5 Å². The van der Waals surface area contributed by atoms with Crippen LogP contribution in [0.5, 0.6) is 0 Å². The summed E-state index contributed by atoms with van der Waals surface area (Å²) in [7, 11) is 0. The lowest BCUT2D eigenvalue weighted by Gasteiger charge is -2.25. The van der Waals surface area contributed by atoms with Crippen molar-refractivity contribution in [1.82, 2.24) is 5.32 Å². The van der Waals surface area contributed by atoms with Gasteiger partial charge in [-0.1, -0.05) is 187 Å². The van der Waals surface area contributed by atoms with Crippen LogP contribution >= 0.6 is 0 Å². The van der Waals surface area contributed by atoms with Crippen LogP contribution < -0.4 is 11.1 Å². The number of hydrogen-bond donors (Lipinski definition) is 14. The number of ketones is 1. The Labute approximate surface area is 489 Å². The maximum atomic E-state index is 12.8. The zero-order chi connectivity index (χ0) is 61.9. The molecule has 0 bridgehead atoms. The molecule has 0 aromatic rings. The Hall–Kier alpha value is -4.99. The molecular formula is C65H105N3O14. The van der Waals surface area contributed by atoms with E-state index in [0.29, 0.717) is 19.4 Å². The Balaban J connectivity index is 4.47. The number of rotatable bonds is 43. The summed E-state index contributed by atoms with van der Waals surface area (Å²) in [4.78, 5) is 28.8. The van der Waals surface area contributed by atoms with Gasteiger partial charge in [0.1, 0.15) is 5.78 Å². The second-order valence-electron chi connectivity index (χ2n) is 22.2. The molecule has 82 heavy (non-hydrogen) atoms. The van der Waals surface area contributed by atoms with Crippen LogP contribution in [0.25, 0.3) is 0 Å². The summed E-state index contributed by atoms with van der Waals surface area (Å²) in [6.07, 6.45) is 33.7. The van der Waals surface area contributed by atoms with Crippen molar-refractivity contribution >= 4 is 17.6 Å². The molecule has 0 aliphatic heterocycles. The second-order valence-corrected chi connectivity index (χ2v) is 22.2. The Kier molecular flexibility index (Phi) is 43.6. The van der Waals surface area contributed by atoms with Crippen LogP contribution in [0, 0.1) is 23.2 Å². The van der Waals surface area contributed by atoms with Gasteiger partial charge in [0, 0.05) is 55.4 Å². The average Bonchev–Trinajstić information content (AvgIpc) is 3.41. The summed E-state index contributed by atoms with van der Waals surface area (Å²) in [5.74, 6) is -1.78. The fourth-order valence-electron chi connectivity index (χ4n) is 7.92. The summed E-state index contributed by atoms with van der Waals surface area (Å²) >= 11 is 0. The molecule has 0 aliphatic rings. The number of amides is 1. The first-order chi connectivity index (χ1) is 38.8. The molecule has 15 atom stereocenters. The Morgan fingerprint density at radius 1 is 0.512 bits per heavy atom. The number of nitrogens with two attached hydrogens (primary N) is 1. The zero-order valence-electron chi connectivity index (χ0n) is 49.8. The quantitative estimate of drug-likeness (QED) is 0.0103. The van der Waals surface area contributed by atoms with E-state index in [0.717, 1.165) is 12.8 Å². The standard InChI is InChI=1S/C65H105N3O14/c1-8-9-10-11-17-20-23-30-47(2)62(81)49(4)60(79)39-25-22-19-16-14-12-13-15-18-21-24-38-59(78)48(3)61(80)46-58(77)45-55(74)36-28-35-54(73)44-57(76)43-53(72)34-27-33-51(70)41-50(69)31-26-32-52(71)42-56(75)37-29-40-67-64(66)68-63(82)65(5,6)7/h8-16,18-19,21-28,30-31,34,36,39,47-60,62,69-79,81H,17,20,29,32-33,35,37-38,40-46H2,1-7H3,(H3,66,67,68,82). The first-order valence-electron chi connectivity index (χ1n) is 29.0. The molecule has 464 valence electrons. The maximum Gasteiger partial charge on any atom is 0.232 e. The molecule has 1 amide bonds. The number of Topliss-reactive ketones (excluding diaryl/α,β-unsaturated/α-hetero) is 1. The van der Waals surface area contributed by atoms with Crippen molar-refractivity contribution in [2.75, 3.05) is 6.54 Å². The molecule has 0 rings (SSSR count).